The molecule has 1 aromatic carbocycles. The lowest BCUT2D eigenvalue weighted by Gasteiger charge is -2.15. The average molecular weight is 249 g/mol. The third kappa shape index (κ3) is 4.55. The van der Waals surface area contributed by atoms with E-state index in [1.807, 2.05) is 37.3 Å². The van der Waals surface area contributed by atoms with Gasteiger partial charge in [0.05, 0.1) is 12.5 Å². The quantitative estimate of drug-likeness (QED) is 0.667. The van der Waals surface area contributed by atoms with Crippen molar-refractivity contribution in [2.75, 3.05) is 6.54 Å². The molecule has 2 amide bonds. The van der Waals surface area contributed by atoms with Crippen LogP contribution >= 0.6 is 0 Å². The number of hydrogen-bond donors (Lipinski definition) is 3. The van der Waals surface area contributed by atoms with Crippen molar-refractivity contribution in [3.8, 4) is 0 Å². The van der Waals surface area contributed by atoms with Crippen molar-refractivity contribution in [3.05, 3.63) is 35.9 Å². The fourth-order valence-corrected chi connectivity index (χ4v) is 1.59. The molecule has 0 aliphatic rings. The van der Waals surface area contributed by atoms with E-state index < -0.39 is 11.9 Å². The molecule has 0 bridgehead atoms. The van der Waals surface area contributed by atoms with Gasteiger partial charge < -0.3 is 16.8 Å². The van der Waals surface area contributed by atoms with Crippen LogP contribution in [-0.4, -0.2) is 24.4 Å². The van der Waals surface area contributed by atoms with Gasteiger partial charge >= 0.3 is 0 Å². The summed E-state index contributed by atoms with van der Waals surface area (Å²) in [6.07, 6.45) is -0.133. The predicted octanol–water partition coefficient (Wildman–Crippen LogP) is 0.109. The third-order valence-electron chi connectivity index (χ3n) is 2.71. The predicted molar refractivity (Wildman–Crippen MR) is 69.7 cm³/mol. The molecule has 0 radical (unpaired) electrons. The summed E-state index contributed by atoms with van der Waals surface area (Å²) in [6, 6.07) is 8.97. The maximum Gasteiger partial charge on any atom is 0.237 e. The summed E-state index contributed by atoms with van der Waals surface area (Å²) >= 11 is 0. The second-order valence-corrected chi connectivity index (χ2v) is 4.33. The first kappa shape index (κ1) is 14.2. The second-order valence-electron chi connectivity index (χ2n) is 4.33. The van der Waals surface area contributed by atoms with E-state index in [1.54, 1.807) is 0 Å². The largest absolute Gasteiger partial charge is 0.370 e. The van der Waals surface area contributed by atoms with E-state index in [-0.39, 0.29) is 18.2 Å². The highest BCUT2D eigenvalue weighted by Crippen LogP contribution is 2.12. The van der Waals surface area contributed by atoms with Gasteiger partial charge in [0.2, 0.25) is 11.8 Å². The number of primary amides is 1. The topological polar surface area (TPSA) is 98.2 Å². The summed E-state index contributed by atoms with van der Waals surface area (Å²) < 4.78 is 0. The molecule has 0 heterocycles. The molecule has 0 aliphatic carbocycles. The first-order chi connectivity index (χ1) is 8.50. The Morgan fingerprint density at radius 1 is 1.28 bits per heavy atom. The molecular formula is C13H19N3O2. The van der Waals surface area contributed by atoms with Gasteiger partial charge in [-0.3, -0.25) is 9.59 Å². The van der Waals surface area contributed by atoms with Crippen LogP contribution in [0.4, 0.5) is 0 Å². The highest BCUT2D eigenvalue weighted by molar-refractivity contribution is 5.87. The molecule has 0 spiro atoms. The summed E-state index contributed by atoms with van der Waals surface area (Å²) in [5.74, 6) is -0.735. The number of nitrogens with one attached hydrogen (secondary N) is 1. The van der Waals surface area contributed by atoms with E-state index in [9.17, 15) is 9.59 Å². The zero-order chi connectivity index (χ0) is 13.5. The summed E-state index contributed by atoms with van der Waals surface area (Å²) in [5, 5.41) is 2.71. The number of benzene rings is 1. The van der Waals surface area contributed by atoms with Crippen LogP contribution < -0.4 is 16.8 Å². The highest BCUT2D eigenvalue weighted by atomic mass is 16.2. The number of nitrogens with two attached hydrogens (primary N) is 2. The lowest BCUT2D eigenvalue weighted by molar-refractivity contribution is -0.126. The molecule has 0 saturated heterocycles. The van der Waals surface area contributed by atoms with E-state index in [4.69, 9.17) is 11.5 Å². The van der Waals surface area contributed by atoms with Gasteiger partial charge in [-0.05, 0) is 11.5 Å². The minimum absolute atomic E-state index is 0.133. The minimum atomic E-state index is -0.870. The number of rotatable bonds is 6. The van der Waals surface area contributed by atoms with Gasteiger partial charge in [0, 0.05) is 6.54 Å². The fraction of sp³-hybridized carbons (Fsp3) is 0.385. The molecule has 0 aromatic heterocycles. The van der Waals surface area contributed by atoms with Gasteiger partial charge in [-0.2, -0.15) is 0 Å². The zero-order valence-corrected chi connectivity index (χ0v) is 10.4. The van der Waals surface area contributed by atoms with Crippen molar-refractivity contribution in [3.63, 3.8) is 0 Å². The maximum absolute atomic E-state index is 11.6. The van der Waals surface area contributed by atoms with Crippen molar-refractivity contribution in [2.45, 2.75) is 25.3 Å². The normalized spacial score (nSPS) is 13.7. The standard InChI is InChI=1S/C13H19N3O2/c1-9(10-5-3-2-4-6-10)8-16-13(18)11(14)7-12(15)17/h2-6,9,11H,7-8,14H2,1H3,(H2,15,17)(H,16,18)/t9-,11-/m1/s1. The molecule has 0 aliphatic heterocycles. The average Bonchev–Trinajstić information content (AvgIpc) is 2.35. The van der Waals surface area contributed by atoms with Crippen molar-refractivity contribution in [2.24, 2.45) is 11.5 Å². The molecule has 5 heteroatoms. The van der Waals surface area contributed by atoms with E-state index in [2.05, 4.69) is 5.32 Å². The van der Waals surface area contributed by atoms with Gasteiger partial charge in [-0.15, -0.1) is 0 Å². The van der Waals surface area contributed by atoms with Crippen LogP contribution in [0, 0.1) is 0 Å². The van der Waals surface area contributed by atoms with Crippen molar-refractivity contribution in [1.29, 1.82) is 0 Å². The molecule has 0 fully saturated rings. The molecular weight excluding hydrogens is 230 g/mol. The molecule has 2 atom stereocenters. The van der Waals surface area contributed by atoms with Crippen LogP contribution in [-0.2, 0) is 9.59 Å². The minimum Gasteiger partial charge on any atom is -0.370 e. The van der Waals surface area contributed by atoms with Crippen molar-refractivity contribution >= 4 is 11.8 Å². The molecule has 1 rings (SSSR count). The number of amides is 2. The van der Waals surface area contributed by atoms with Gasteiger partial charge in [0.25, 0.3) is 0 Å². The van der Waals surface area contributed by atoms with Crippen molar-refractivity contribution < 1.29 is 9.59 Å². The first-order valence-electron chi connectivity index (χ1n) is 5.87. The van der Waals surface area contributed by atoms with Gasteiger partial charge in [0.15, 0.2) is 0 Å². The van der Waals surface area contributed by atoms with E-state index >= 15 is 0 Å². The summed E-state index contributed by atoms with van der Waals surface area (Å²) in [5.41, 5.74) is 11.6. The fourth-order valence-electron chi connectivity index (χ4n) is 1.59. The molecule has 0 unspecified atom stereocenters. The molecule has 0 saturated carbocycles. The molecule has 18 heavy (non-hydrogen) atoms. The lowest BCUT2D eigenvalue weighted by Crippen LogP contribution is -2.44. The summed E-state index contributed by atoms with van der Waals surface area (Å²) in [6.45, 7) is 2.49. The number of hydrogen-bond acceptors (Lipinski definition) is 3. The first-order valence-corrected chi connectivity index (χ1v) is 5.87. The smallest absolute Gasteiger partial charge is 0.237 e. The number of carbonyl (C=O) groups is 2. The van der Waals surface area contributed by atoms with Crippen LogP contribution in [0.5, 0.6) is 0 Å². The van der Waals surface area contributed by atoms with Crippen LogP contribution in [0.15, 0.2) is 30.3 Å². The Labute approximate surface area is 107 Å². The number of carbonyl (C=O) groups excluding carboxylic acids is 2. The Bertz CT molecular complexity index is 406. The highest BCUT2D eigenvalue weighted by Gasteiger charge is 2.16. The Hall–Kier alpha value is -1.88. The van der Waals surface area contributed by atoms with Gasteiger partial charge in [-0.25, -0.2) is 0 Å². The van der Waals surface area contributed by atoms with E-state index in [0.717, 1.165) is 5.56 Å². The van der Waals surface area contributed by atoms with Crippen LogP contribution in [0.25, 0.3) is 0 Å². The van der Waals surface area contributed by atoms with E-state index in [0.29, 0.717) is 6.54 Å². The SMILES string of the molecule is C[C@H](CNC(=O)[C@H](N)CC(N)=O)c1ccccc1. The van der Waals surface area contributed by atoms with Crippen LogP contribution in [0.3, 0.4) is 0 Å². The molecule has 5 nitrogen and oxygen atoms in total. The Morgan fingerprint density at radius 3 is 2.44 bits per heavy atom. The molecule has 1 aromatic rings. The zero-order valence-electron chi connectivity index (χ0n) is 10.4. The molecule has 5 N–H and O–H groups in total. The Balaban J connectivity index is 2.41. The summed E-state index contributed by atoms with van der Waals surface area (Å²) in [7, 11) is 0. The Kier molecular flexibility index (Phi) is 5.32. The maximum atomic E-state index is 11.6. The van der Waals surface area contributed by atoms with Crippen LogP contribution in [0.2, 0.25) is 0 Å². The summed E-state index contributed by atoms with van der Waals surface area (Å²) in [4.78, 5) is 22.2. The monoisotopic (exact) mass is 249 g/mol. The third-order valence-corrected chi connectivity index (χ3v) is 2.71. The van der Waals surface area contributed by atoms with E-state index in [1.165, 1.54) is 0 Å². The van der Waals surface area contributed by atoms with Crippen molar-refractivity contribution in [1.82, 2.24) is 5.32 Å². The van der Waals surface area contributed by atoms with Crippen LogP contribution in [0.1, 0.15) is 24.8 Å². The molecule has 98 valence electrons. The van der Waals surface area contributed by atoms with Gasteiger partial charge in [-0.1, -0.05) is 37.3 Å². The Morgan fingerprint density at radius 2 is 1.89 bits per heavy atom. The lowest BCUT2D eigenvalue weighted by atomic mass is 10.0. The second kappa shape index (κ2) is 6.76. The van der Waals surface area contributed by atoms with Gasteiger partial charge in [0.1, 0.15) is 0 Å².